The Morgan fingerprint density at radius 1 is 1.03 bits per heavy atom. The lowest BCUT2D eigenvalue weighted by atomic mass is 10.1. The first-order valence-electron chi connectivity index (χ1n) is 9.00. The van der Waals surface area contributed by atoms with Crippen LogP contribution in [0.25, 0.3) is 0 Å². The molecule has 29 heavy (non-hydrogen) atoms. The number of ether oxygens (including phenoxy) is 4. The Labute approximate surface area is 170 Å². The van der Waals surface area contributed by atoms with Crippen molar-refractivity contribution in [3.8, 4) is 17.2 Å². The summed E-state index contributed by atoms with van der Waals surface area (Å²) in [5.41, 5.74) is 0.733. The molecule has 1 saturated heterocycles. The molecule has 0 bridgehead atoms. The Morgan fingerprint density at radius 3 is 2.24 bits per heavy atom. The number of hydrogen-bond donors (Lipinski definition) is 0. The summed E-state index contributed by atoms with van der Waals surface area (Å²) < 4.78 is 48.4. The molecule has 1 heterocycles. The van der Waals surface area contributed by atoms with Crippen LogP contribution in [0.15, 0.2) is 41.3 Å². The van der Waals surface area contributed by atoms with E-state index in [0.29, 0.717) is 30.3 Å². The molecule has 0 unspecified atom stereocenters. The summed E-state index contributed by atoms with van der Waals surface area (Å²) in [5, 5.41) is 0. The summed E-state index contributed by atoms with van der Waals surface area (Å²) in [6.45, 7) is 2.94. The second kappa shape index (κ2) is 8.81. The molecule has 0 amide bonds. The number of aryl methyl sites for hydroxylation is 1. The third kappa shape index (κ3) is 4.36. The Bertz CT molecular complexity index is 976. The number of morpholine rings is 1. The fraction of sp³-hybridized carbons (Fsp3) is 0.350. The predicted octanol–water partition coefficient (Wildman–Crippen LogP) is 2.25. The number of sulfonamides is 1. The van der Waals surface area contributed by atoms with Crippen LogP contribution in [-0.2, 0) is 14.8 Å². The number of para-hydroxylation sites is 1. The van der Waals surface area contributed by atoms with Gasteiger partial charge in [0.25, 0.3) is 0 Å². The molecule has 1 aliphatic rings. The standard InChI is InChI=1S/C20H23NO7S/c1-14-7-8-15(29(23,24)21-9-11-27-12-10-21)13-16(14)20(22)28-19-17(25-2)5-4-6-18(19)26-3/h4-8,13H,9-12H2,1-3H3. The van der Waals surface area contributed by atoms with E-state index < -0.39 is 16.0 Å². The molecule has 0 N–H and O–H groups in total. The lowest BCUT2D eigenvalue weighted by molar-refractivity contribution is 0.0721. The Kier molecular flexibility index (Phi) is 6.41. The van der Waals surface area contributed by atoms with E-state index >= 15 is 0 Å². The smallest absolute Gasteiger partial charge is 0.344 e. The van der Waals surface area contributed by atoms with Gasteiger partial charge >= 0.3 is 5.97 Å². The van der Waals surface area contributed by atoms with Crippen LogP contribution in [0.4, 0.5) is 0 Å². The van der Waals surface area contributed by atoms with Gasteiger partial charge in [0, 0.05) is 13.1 Å². The molecule has 0 aromatic heterocycles. The molecule has 0 atom stereocenters. The molecule has 0 saturated carbocycles. The van der Waals surface area contributed by atoms with E-state index in [4.69, 9.17) is 18.9 Å². The van der Waals surface area contributed by atoms with Crippen molar-refractivity contribution in [2.24, 2.45) is 0 Å². The van der Waals surface area contributed by atoms with Crippen molar-refractivity contribution in [2.45, 2.75) is 11.8 Å². The minimum Gasteiger partial charge on any atom is -0.493 e. The van der Waals surface area contributed by atoms with Gasteiger partial charge in [0.2, 0.25) is 15.8 Å². The van der Waals surface area contributed by atoms with Gasteiger partial charge in [-0.1, -0.05) is 12.1 Å². The van der Waals surface area contributed by atoms with Gasteiger partial charge in [-0.05, 0) is 36.8 Å². The van der Waals surface area contributed by atoms with Crippen molar-refractivity contribution in [3.05, 3.63) is 47.5 Å². The zero-order valence-corrected chi connectivity index (χ0v) is 17.3. The maximum absolute atomic E-state index is 12.9. The van der Waals surface area contributed by atoms with E-state index in [-0.39, 0.29) is 29.3 Å². The lowest BCUT2D eigenvalue weighted by Crippen LogP contribution is -2.40. The van der Waals surface area contributed by atoms with Gasteiger partial charge in [-0.15, -0.1) is 0 Å². The van der Waals surface area contributed by atoms with Crippen molar-refractivity contribution in [3.63, 3.8) is 0 Å². The van der Waals surface area contributed by atoms with E-state index in [1.807, 2.05) is 0 Å². The molecular formula is C20H23NO7S. The van der Waals surface area contributed by atoms with Crippen molar-refractivity contribution in [2.75, 3.05) is 40.5 Å². The first-order chi connectivity index (χ1) is 13.9. The zero-order valence-electron chi connectivity index (χ0n) is 16.5. The van der Waals surface area contributed by atoms with Gasteiger partial charge in [-0.25, -0.2) is 13.2 Å². The van der Waals surface area contributed by atoms with Gasteiger partial charge in [-0.2, -0.15) is 4.31 Å². The Morgan fingerprint density at radius 2 is 1.66 bits per heavy atom. The van der Waals surface area contributed by atoms with E-state index in [1.165, 1.54) is 30.7 Å². The van der Waals surface area contributed by atoms with E-state index in [1.54, 1.807) is 31.2 Å². The highest BCUT2D eigenvalue weighted by molar-refractivity contribution is 7.89. The molecule has 1 fully saturated rings. The van der Waals surface area contributed by atoms with Crippen LogP contribution in [0.3, 0.4) is 0 Å². The summed E-state index contributed by atoms with van der Waals surface area (Å²) >= 11 is 0. The SMILES string of the molecule is COc1cccc(OC)c1OC(=O)c1cc(S(=O)(=O)N2CCOCC2)ccc1C. The molecule has 2 aromatic carbocycles. The summed E-state index contributed by atoms with van der Waals surface area (Å²) in [6, 6.07) is 9.39. The third-order valence-electron chi connectivity index (χ3n) is 4.61. The van der Waals surface area contributed by atoms with Crippen LogP contribution in [0.1, 0.15) is 15.9 Å². The summed E-state index contributed by atoms with van der Waals surface area (Å²) in [7, 11) is -0.835. The van der Waals surface area contributed by atoms with Gasteiger partial charge < -0.3 is 18.9 Å². The van der Waals surface area contributed by atoms with Crippen LogP contribution >= 0.6 is 0 Å². The Hall–Kier alpha value is -2.62. The van der Waals surface area contributed by atoms with E-state index in [2.05, 4.69) is 0 Å². The number of hydrogen-bond acceptors (Lipinski definition) is 7. The van der Waals surface area contributed by atoms with Crippen molar-refractivity contribution < 1.29 is 32.2 Å². The van der Waals surface area contributed by atoms with E-state index in [9.17, 15) is 13.2 Å². The number of methoxy groups -OCH3 is 2. The highest BCUT2D eigenvalue weighted by atomic mass is 32.2. The maximum atomic E-state index is 12.9. The topological polar surface area (TPSA) is 91.4 Å². The fourth-order valence-electron chi connectivity index (χ4n) is 2.98. The molecule has 9 heteroatoms. The first kappa shape index (κ1) is 21.1. The van der Waals surface area contributed by atoms with Crippen LogP contribution in [0, 0.1) is 6.92 Å². The molecule has 0 spiro atoms. The average Bonchev–Trinajstić information content (AvgIpc) is 2.74. The zero-order chi connectivity index (χ0) is 21.0. The maximum Gasteiger partial charge on any atom is 0.344 e. The molecule has 156 valence electrons. The molecule has 1 aliphatic heterocycles. The second-order valence-corrected chi connectivity index (χ2v) is 8.31. The molecule has 2 aromatic rings. The molecule has 0 aliphatic carbocycles. The highest BCUT2D eigenvalue weighted by Crippen LogP contribution is 2.37. The number of benzene rings is 2. The van der Waals surface area contributed by atoms with Crippen molar-refractivity contribution in [1.29, 1.82) is 0 Å². The van der Waals surface area contributed by atoms with Gasteiger partial charge in [0.15, 0.2) is 11.5 Å². The van der Waals surface area contributed by atoms with E-state index in [0.717, 1.165) is 0 Å². The summed E-state index contributed by atoms with van der Waals surface area (Å²) in [5.74, 6) is 0.0764. The van der Waals surface area contributed by atoms with Crippen LogP contribution in [0.2, 0.25) is 0 Å². The van der Waals surface area contributed by atoms with Crippen LogP contribution in [0.5, 0.6) is 17.2 Å². The predicted molar refractivity (Wildman–Crippen MR) is 105 cm³/mol. The van der Waals surface area contributed by atoms with Crippen LogP contribution < -0.4 is 14.2 Å². The van der Waals surface area contributed by atoms with Crippen molar-refractivity contribution >= 4 is 16.0 Å². The number of carbonyl (C=O) groups excluding carboxylic acids is 1. The minimum atomic E-state index is -3.74. The highest BCUT2D eigenvalue weighted by Gasteiger charge is 2.28. The van der Waals surface area contributed by atoms with Gasteiger partial charge in [-0.3, -0.25) is 0 Å². The minimum absolute atomic E-state index is 0.0314. The fourth-order valence-corrected chi connectivity index (χ4v) is 4.42. The lowest BCUT2D eigenvalue weighted by Gasteiger charge is -2.26. The normalized spacial score (nSPS) is 15.0. The molecule has 0 radical (unpaired) electrons. The average molecular weight is 421 g/mol. The molecule has 3 rings (SSSR count). The van der Waals surface area contributed by atoms with Crippen LogP contribution in [-0.4, -0.2) is 59.2 Å². The summed E-state index contributed by atoms with van der Waals surface area (Å²) in [4.78, 5) is 12.9. The first-order valence-corrected chi connectivity index (χ1v) is 10.4. The molecular weight excluding hydrogens is 398 g/mol. The number of rotatable bonds is 6. The van der Waals surface area contributed by atoms with Crippen molar-refractivity contribution in [1.82, 2.24) is 4.31 Å². The third-order valence-corrected chi connectivity index (χ3v) is 6.51. The summed E-state index contributed by atoms with van der Waals surface area (Å²) in [6.07, 6.45) is 0. The number of esters is 1. The quantitative estimate of drug-likeness (QED) is 0.522. The second-order valence-electron chi connectivity index (χ2n) is 6.37. The van der Waals surface area contributed by atoms with Gasteiger partial charge in [0.05, 0.1) is 37.9 Å². The largest absolute Gasteiger partial charge is 0.493 e. The monoisotopic (exact) mass is 421 g/mol. The Balaban J connectivity index is 1.94. The number of nitrogens with zero attached hydrogens (tertiary/aromatic N) is 1. The van der Waals surface area contributed by atoms with Gasteiger partial charge in [0.1, 0.15) is 0 Å². The number of carbonyl (C=O) groups is 1. The molecule has 8 nitrogen and oxygen atoms in total.